The van der Waals surface area contributed by atoms with Gasteiger partial charge in [-0.3, -0.25) is 9.10 Å². The molecule has 1 aliphatic rings. The van der Waals surface area contributed by atoms with Crippen molar-refractivity contribution < 1.29 is 17.9 Å². The maximum Gasteiger partial charge on any atom is 0.264 e. The zero-order chi connectivity index (χ0) is 21.6. The highest BCUT2D eigenvalue weighted by Crippen LogP contribution is 2.27. The minimum absolute atomic E-state index is 0.167. The number of rotatable bonds is 8. The second-order valence-electron chi connectivity index (χ2n) is 7.06. The van der Waals surface area contributed by atoms with Crippen LogP contribution in [0.25, 0.3) is 0 Å². The van der Waals surface area contributed by atoms with Gasteiger partial charge in [0.2, 0.25) is 5.91 Å². The molecule has 1 aliphatic heterocycles. The van der Waals surface area contributed by atoms with E-state index in [9.17, 15) is 13.2 Å². The average Bonchev–Trinajstić information content (AvgIpc) is 2.78. The third-order valence-corrected chi connectivity index (χ3v) is 7.60. The Kier molecular flexibility index (Phi) is 7.66. The molecule has 0 unspecified atom stereocenters. The zero-order valence-corrected chi connectivity index (χ0v) is 19.0. The summed E-state index contributed by atoms with van der Waals surface area (Å²) in [4.78, 5) is 15.8. The van der Waals surface area contributed by atoms with Crippen molar-refractivity contribution in [3.05, 3.63) is 48.5 Å². The molecule has 0 spiro atoms. The van der Waals surface area contributed by atoms with Crippen LogP contribution in [0.4, 0.5) is 5.69 Å². The van der Waals surface area contributed by atoms with Gasteiger partial charge in [-0.05, 0) is 81.0 Å². The van der Waals surface area contributed by atoms with Crippen molar-refractivity contribution >= 4 is 33.4 Å². The molecule has 2 aromatic rings. The van der Waals surface area contributed by atoms with Crippen LogP contribution in [0.2, 0.25) is 0 Å². The number of piperidine rings is 1. The number of likely N-dealkylation sites (tertiary alicyclic amines) is 1. The molecule has 0 atom stereocenters. The molecule has 8 heteroatoms. The van der Waals surface area contributed by atoms with Gasteiger partial charge in [-0.2, -0.15) is 0 Å². The lowest BCUT2D eigenvalue weighted by Crippen LogP contribution is -2.44. The summed E-state index contributed by atoms with van der Waals surface area (Å²) < 4.78 is 33.6. The number of amides is 1. The van der Waals surface area contributed by atoms with Crippen LogP contribution in [0.3, 0.4) is 0 Å². The van der Waals surface area contributed by atoms with Gasteiger partial charge in [0.15, 0.2) is 0 Å². The maximum atomic E-state index is 13.5. The number of carbonyl (C=O) groups is 1. The van der Waals surface area contributed by atoms with Gasteiger partial charge in [0.1, 0.15) is 12.3 Å². The van der Waals surface area contributed by atoms with Crippen molar-refractivity contribution in [2.75, 3.05) is 36.8 Å². The van der Waals surface area contributed by atoms with Gasteiger partial charge < -0.3 is 9.64 Å². The lowest BCUT2D eigenvalue weighted by Gasteiger charge is -2.30. The van der Waals surface area contributed by atoms with E-state index < -0.39 is 10.0 Å². The van der Waals surface area contributed by atoms with Crippen LogP contribution in [0, 0.1) is 0 Å². The van der Waals surface area contributed by atoms with Crippen molar-refractivity contribution in [3.8, 4) is 5.75 Å². The molecule has 0 radical (unpaired) electrons. The molecule has 6 nitrogen and oxygen atoms in total. The third-order valence-electron chi connectivity index (χ3n) is 5.07. The first-order valence-electron chi connectivity index (χ1n) is 10.1. The van der Waals surface area contributed by atoms with Crippen LogP contribution < -0.4 is 9.04 Å². The van der Waals surface area contributed by atoms with Crippen LogP contribution in [-0.4, -0.2) is 51.7 Å². The highest BCUT2D eigenvalue weighted by atomic mass is 32.2. The molecule has 2 aromatic carbocycles. The number of carbonyl (C=O) groups excluding carboxylic acids is 1. The topological polar surface area (TPSA) is 66.9 Å². The summed E-state index contributed by atoms with van der Waals surface area (Å²) in [7, 11) is -3.90. The molecule has 0 N–H and O–H groups in total. The monoisotopic (exact) mass is 448 g/mol. The molecule has 1 saturated heterocycles. The van der Waals surface area contributed by atoms with E-state index in [1.807, 2.05) is 13.2 Å². The SMILES string of the molecule is CCOc1ccc(N(CC(=O)N2CCCCC2)S(=O)(=O)c2ccc(SC)cc2)cc1. The Bertz CT molecular complexity index is 938. The molecule has 162 valence electrons. The van der Waals surface area contributed by atoms with Crippen molar-refractivity contribution in [3.63, 3.8) is 0 Å². The fourth-order valence-electron chi connectivity index (χ4n) is 3.43. The van der Waals surface area contributed by atoms with E-state index in [1.165, 1.54) is 4.31 Å². The predicted molar refractivity (Wildman–Crippen MR) is 121 cm³/mol. The van der Waals surface area contributed by atoms with E-state index in [0.717, 1.165) is 24.2 Å². The van der Waals surface area contributed by atoms with Crippen LogP contribution in [-0.2, 0) is 14.8 Å². The standard InChI is InChI=1S/C22H28N2O4S2/c1-3-28-19-9-7-18(8-10-19)24(17-22(25)23-15-5-4-6-16-23)30(26,27)21-13-11-20(29-2)12-14-21/h7-14H,3-6,15-17H2,1-2H3. The predicted octanol–water partition coefficient (Wildman–Crippen LogP) is 4.02. The second-order valence-corrected chi connectivity index (χ2v) is 9.80. The summed E-state index contributed by atoms with van der Waals surface area (Å²) >= 11 is 1.55. The van der Waals surface area contributed by atoms with E-state index in [-0.39, 0.29) is 17.3 Å². The quantitative estimate of drug-likeness (QED) is 0.571. The summed E-state index contributed by atoms with van der Waals surface area (Å²) in [6.45, 7) is 3.55. The van der Waals surface area contributed by atoms with Gasteiger partial charge in [0.05, 0.1) is 17.2 Å². The molecule has 30 heavy (non-hydrogen) atoms. The van der Waals surface area contributed by atoms with Crippen LogP contribution in [0.1, 0.15) is 26.2 Å². The van der Waals surface area contributed by atoms with Crippen molar-refractivity contribution in [2.45, 2.75) is 36.0 Å². The minimum Gasteiger partial charge on any atom is -0.494 e. The first-order valence-corrected chi connectivity index (χ1v) is 12.8. The van der Waals surface area contributed by atoms with Gasteiger partial charge in [-0.1, -0.05) is 0 Å². The van der Waals surface area contributed by atoms with Gasteiger partial charge in [-0.15, -0.1) is 11.8 Å². The van der Waals surface area contributed by atoms with Crippen molar-refractivity contribution in [1.82, 2.24) is 4.90 Å². The van der Waals surface area contributed by atoms with Crippen LogP contribution in [0.15, 0.2) is 58.3 Å². The number of ether oxygens (including phenoxy) is 1. The molecule has 1 fully saturated rings. The number of benzene rings is 2. The lowest BCUT2D eigenvalue weighted by molar-refractivity contribution is -0.130. The third kappa shape index (κ3) is 5.29. The zero-order valence-electron chi connectivity index (χ0n) is 17.4. The number of thioether (sulfide) groups is 1. The smallest absolute Gasteiger partial charge is 0.264 e. The molecule has 0 aliphatic carbocycles. The normalized spacial score (nSPS) is 14.4. The second kappa shape index (κ2) is 10.2. The Hall–Kier alpha value is -2.19. The van der Waals surface area contributed by atoms with E-state index in [0.29, 0.717) is 31.1 Å². The fraction of sp³-hybridized carbons (Fsp3) is 0.409. The number of anilines is 1. The van der Waals surface area contributed by atoms with E-state index in [1.54, 1.807) is 65.2 Å². The van der Waals surface area contributed by atoms with E-state index in [2.05, 4.69) is 0 Å². The first kappa shape index (κ1) is 22.5. The number of sulfonamides is 1. The molecule has 0 bridgehead atoms. The minimum atomic E-state index is -3.90. The summed E-state index contributed by atoms with van der Waals surface area (Å²) in [6.07, 6.45) is 4.95. The number of nitrogens with zero attached hydrogens (tertiary/aromatic N) is 2. The molecule has 1 heterocycles. The van der Waals surface area contributed by atoms with Crippen molar-refractivity contribution in [1.29, 1.82) is 0 Å². The molecular weight excluding hydrogens is 420 g/mol. The number of hydrogen-bond acceptors (Lipinski definition) is 5. The van der Waals surface area contributed by atoms with E-state index in [4.69, 9.17) is 4.74 Å². The van der Waals surface area contributed by atoms with Gasteiger partial charge in [0.25, 0.3) is 10.0 Å². The summed E-state index contributed by atoms with van der Waals surface area (Å²) in [6, 6.07) is 13.6. The molecule has 1 amide bonds. The number of hydrogen-bond donors (Lipinski definition) is 0. The van der Waals surface area contributed by atoms with Crippen LogP contribution in [0.5, 0.6) is 5.75 Å². The Balaban J connectivity index is 1.93. The van der Waals surface area contributed by atoms with Crippen LogP contribution >= 0.6 is 11.8 Å². The van der Waals surface area contributed by atoms with Gasteiger partial charge in [0, 0.05) is 18.0 Å². The first-order chi connectivity index (χ1) is 14.5. The highest BCUT2D eigenvalue weighted by molar-refractivity contribution is 7.98. The summed E-state index contributed by atoms with van der Waals surface area (Å²) in [5.41, 5.74) is 0.442. The molecule has 0 saturated carbocycles. The average molecular weight is 449 g/mol. The highest BCUT2D eigenvalue weighted by Gasteiger charge is 2.29. The maximum absolute atomic E-state index is 13.5. The van der Waals surface area contributed by atoms with Crippen molar-refractivity contribution in [2.24, 2.45) is 0 Å². The Morgan fingerprint density at radius 3 is 2.23 bits per heavy atom. The fourth-order valence-corrected chi connectivity index (χ4v) is 5.25. The van der Waals surface area contributed by atoms with Gasteiger partial charge >= 0.3 is 0 Å². The molecule has 3 rings (SSSR count). The Morgan fingerprint density at radius 1 is 1.03 bits per heavy atom. The molecule has 0 aromatic heterocycles. The Labute approximate surface area is 183 Å². The summed E-state index contributed by atoms with van der Waals surface area (Å²) in [5, 5.41) is 0. The van der Waals surface area contributed by atoms with Gasteiger partial charge in [-0.25, -0.2) is 8.42 Å². The lowest BCUT2D eigenvalue weighted by atomic mass is 10.1. The molecular formula is C22H28N2O4S2. The summed E-state index contributed by atoms with van der Waals surface area (Å²) in [5.74, 6) is 0.484. The van der Waals surface area contributed by atoms with E-state index >= 15 is 0 Å². The Morgan fingerprint density at radius 2 is 1.67 bits per heavy atom. The largest absolute Gasteiger partial charge is 0.494 e.